The summed E-state index contributed by atoms with van der Waals surface area (Å²) in [5.74, 6) is 3.62. The number of benzene rings is 3. The van der Waals surface area contributed by atoms with Crippen molar-refractivity contribution in [2.75, 3.05) is 25.7 Å². The van der Waals surface area contributed by atoms with Crippen LogP contribution in [0.3, 0.4) is 0 Å². The second kappa shape index (κ2) is 12.4. The summed E-state index contributed by atoms with van der Waals surface area (Å²) in [6, 6.07) is 22.2. The summed E-state index contributed by atoms with van der Waals surface area (Å²) in [7, 11) is 3.22. The Morgan fingerprint density at radius 1 is 1.03 bits per heavy atom. The standard InChI is InChI=1S/C17H15NO2S.C10H12N2O2/c1-2-21-16-9-5-14(6-10-16)17(12-19)20-15-7-3-13(11-18)4-8-15;1-13-8-3-6-4-10(11)12-7(6)5-9(8)14-2/h3-10,12,17H,2H2,1H3;3-5,12H,11H2,1-2H3. The number of H-pyrrole nitrogens is 1. The van der Waals surface area contributed by atoms with Gasteiger partial charge < -0.3 is 24.9 Å². The molecule has 0 fully saturated rings. The lowest BCUT2D eigenvalue weighted by molar-refractivity contribution is -0.113. The van der Waals surface area contributed by atoms with E-state index >= 15 is 0 Å². The number of hydrogen-bond donors (Lipinski definition) is 2. The van der Waals surface area contributed by atoms with Crippen LogP contribution in [0.5, 0.6) is 17.2 Å². The summed E-state index contributed by atoms with van der Waals surface area (Å²) in [6.45, 7) is 2.10. The molecule has 1 heterocycles. The number of nitrogens with two attached hydrogens (primary N) is 1. The zero-order valence-electron chi connectivity index (χ0n) is 19.8. The molecule has 1 unspecified atom stereocenters. The number of nitrogens with one attached hydrogen (secondary N) is 1. The molecule has 4 aromatic rings. The van der Waals surface area contributed by atoms with Crippen molar-refractivity contribution in [1.29, 1.82) is 5.26 Å². The predicted octanol–water partition coefficient (Wildman–Crippen LogP) is 5.76. The highest BCUT2D eigenvalue weighted by molar-refractivity contribution is 7.99. The highest BCUT2D eigenvalue weighted by Crippen LogP contribution is 2.32. The van der Waals surface area contributed by atoms with E-state index in [1.54, 1.807) is 50.2 Å². The van der Waals surface area contributed by atoms with Gasteiger partial charge in [-0.2, -0.15) is 5.26 Å². The van der Waals surface area contributed by atoms with E-state index in [0.717, 1.165) is 28.5 Å². The Morgan fingerprint density at radius 3 is 2.26 bits per heavy atom. The number of carbonyl (C=O) groups excluding carboxylic acids is 1. The monoisotopic (exact) mass is 489 g/mol. The number of aromatic nitrogens is 1. The molecular formula is C27H27N3O4S. The maximum absolute atomic E-state index is 11.3. The summed E-state index contributed by atoms with van der Waals surface area (Å²) < 4.78 is 16.0. The van der Waals surface area contributed by atoms with E-state index in [9.17, 15) is 4.79 Å². The largest absolute Gasteiger partial charge is 0.493 e. The second-order valence-corrected chi connectivity index (χ2v) is 8.67. The fourth-order valence-corrected chi connectivity index (χ4v) is 3.99. The quantitative estimate of drug-likeness (QED) is 0.239. The lowest BCUT2D eigenvalue weighted by Gasteiger charge is -2.14. The number of rotatable bonds is 8. The van der Waals surface area contributed by atoms with Crippen molar-refractivity contribution >= 4 is 34.8 Å². The number of carbonyl (C=O) groups is 1. The van der Waals surface area contributed by atoms with Gasteiger partial charge in [0.1, 0.15) is 11.6 Å². The minimum absolute atomic E-state index is 0.561. The number of aromatic amines is 1. The first-order valence-corrected chi connectivity index (χ1v) is 11.8. The van der Waals surface area contributed by atoms with E-state index in [4.69, 9.17) is 25.2 Å². The Morgan fingerprint density at radius 2 is 1.69 bits per heavy atom. The normalized spacial score (nSPS) is 11.0. The van der Waals surface area contributed by atoms with Crippen LogP contribution >= 0.6 is 11.8 Å². The van der Waals surface area contributed by atoms with Crippen molar-refractivity contribution in [2.45, 2.75) is 17.9 Å². The molecule has 3 N–H and O–H groups in total. The van der Waals surface area contributed by atoms with Crippen molar-refractivity contribution in [2.24, 2.45) is 0 Å². The molecule has 0 aliphatic carbocycles. The first-order valence-electron chi connectivity index (χ1n) is 10.9. The minimum atomic E-state index is -0.640. The maximum Gasteiger partial charge on any atom is 0.179 e. The van der Waals surface area contributed by atoms with E-state index in [1.165, 1.54) is 4.90 Å². The number of hydrogen-bond acceptors (Lipinski definition) is 7. The van der Waals surface area contributed by atoms with Gasteiger partial charge >= 0.3 is 0 Å². The molecule has 0 saturated heterocycles. The van der Waals surface area contributed by atoms with Gasteiger partial charge in [0.05, 0.1) is 31.4 Å². The van der Waals surface area contributed by atoms with Crippen LogP contribution in [0.1, 0.15) is 24.2 Å². The number of nitriles is 1. The first kappa shape index (κ1) is 25.5. The molecule has 1 atom stereocenters. The number of anilines is 1. The SMILES string of the molecule is CCSc1ccc(C(C=O)Oc2ccc(C#N)cc2)cc1.COc1cc2cc(N)[nH]c2cc1OC. The average Bonchev–Trinajstić information content (AvgIpc) is 3.26. The molecule has 8 heteroatoms. The van der Waals surface area contributed by atoms with Gasteiger partial charge in [-0.15, -0.1) is 11.8 Å². The lowest BCUT2D eigenvalue weighted by atomic mass is 10.1. The number of aldehydes is 1. The van der Waals surface area contributed by atoms with E-state index in [-0.39, 0.29) is 0 Å². The van der Waals surface area contributed by atoms with Crippen LogP contribution < -0.4 is 19.9 Å². The number of ether oxygens (including phenoxy) is 3. The summed E-state index contributed by atoms with van der Waals surface area (Å²) in [4.78, 5) is 15.5. The van der Waals surface area contributed by atoms with Crippen LogP contribution in [0, 0.1) is 11.3 Å². The fourth-order valence-electron chi connectivity index (χ4n) is 3.33. The van der Waals surface area contributed by atoms with Gasteiger partial charge in [0, 0.05) is 16.3 Å². The van der Waals surface area contributed by atoms with Gasteiger partial charge in [-0.25, -0.2) is 0 Å². The van der Waals surface area contributed by atoms with Crippen molar-refractivity contribution in [3.63, 3.8) is 0 Å². The lowest BCUT2D eigenvalue weighted by Crippen LogP contribution is -2.08. The van der Waals surface area contributed by atoms with Crippen molar-refractivity contribution in [1.82, 2.24) is 4.98 Å². The Kier molecular flexibility index (Phi) is 9.04. The molecule has 0 bridgehead atoms. The van der Waals surface area contributed by atoms with E-state index < -0.39 is 6.10 Å². The molecule has 3 aromatic carbocycles. The zero-order chi connectivity index (χ0) is 25.2. The van der Waals surface area contributed by atoms with Gasteiger partial charge in [0.15, 0.2) is 23.9 Å². The fraction of sp³-hybridized carbons (Fsp3) is 0.185. The maximum atomic E-state index is 11.3. The van der Waals surface area contributed by atoms with Gasteiger partial charge in [0.25, 0.3) is 0 Å². The van der Waals surface area contributed by atoms with Crippen LogP contribution in [0.2, 0.25) is 0 Å². The molecule has 35 heavy (non-hydrogen) atoms. The third-order valence-electron chi connectivity index (χ3n) is 5.04. The molecular weight excluding hydrogens is 462 g/mol. The Labute approximate surface area is 208 Å². The van der Waals surface area contributed by atoms with Gasteiger partial charge in [-0.1, -0.05) is 19.1 Å². The number of methoxy groups -OCH3 is 2. The van der Waals surface area contributed by atoms with Crippen molar-refractivity contribution < 1.29 is 19.0 Å². The van der Waals surface area contributed by atoms with Gasteiger partial charge in [-0.3, -0.25) is 4.79 Å². The first-order chi connectivity index (χ1) is 17.0. The zero-order valence-corrected chi connectivity index (χ0v) is 20.6. The molecule has 0 spiro atoms. The summed E-state index contributed by atoms with van der Waals surface area (Å²) in [6.07, 6.45) is 0.138. The summed E-state index contributed by atoms with van der Waals surface area (Å²) in [5.41, 5.74) is 7.96. The Balaban J connectivity index is 0.000000211. The van der Waals surface area contributed by atoms with Crippen LogP contribution in [0.15, 0.2) is 71.6 Å². The molecule has 1 aromatic heterocycles. The van der Waals surface area contributed by atoms with Crippen LogP contribution in [0.25, 0.3) is 10.9 Å². The Hall–Kier alpha value is -4.09. The Bertz CT molecular complexity index is 1250. The molecule has 0 amide bonds. The van der Waals surface area contributed by atoms with Crippen LogP contribution in [0.4, 0.5) is 5.82 Å². The topological polar surface area (TPSA) is 110 Å². The van der Waals surface area contributed by atoms with Gasteiger partial charge in [-0.05, 0) is 59.8 Å². The van der Waals surface area contributed by atoms with E-state index in [0.29, 0.717) is 28.6 Å². The van der Waals surface area contributed by atoms with E-state index in [2.05, 4.69) is 11.9 Å². The number of nitrogens with zero attached hydrogens (tertiary/aromatic N) is 1. The molecule has 0 saturated carbocycles. The van der Waals surface area contributed by atoms with E-state index in [1.807, 2.05) is 48.5 Å². The van der Waals surface area contributed by atoms with Crippen LogP contribution in [-0.4, -0.2) is 31.2 Å². The number of fused-ring (bicyclic) bond motifs is 1. The molecule has 4 rings (SSSR count). The molecule has 0 aliphatic rings. The summed E-state index contributed by atoms with van der Waals surface area (Å²) >= 11 is 1.75. The van der Waals surface area contributed by atoms with Crippen LogP contribution in [-0.2, 0) is 4.79 Å². The minimum Gasteiger partial charge on any atom is -0.493 e. The highest BCUT2D eigenvalue weighted by Gasteiger charge is 2.12. The predicted molar refractivity (Wildman–Crippen MR) is 139 cm³/mol. The third kappa shape index (κ3) is 6.71. The third-order valence-corrected chi connectivity index (χ3v) is 5.93. The van der Waals surface area contributed by atoms with Crippen molar-refractivity contribution in [3.05, 3.63) is 77.9 Å². The van der Waals surface area contributed by atoms with Crippen molar-refractivity contribution in [3.8, 4) is 23.3 Å². The molecule has 0 radical (unpaired) electrons. The molecule has 7 nitrogen and oxygen atoms in total. The smallest absolute Gasteiger partial charge is 0.179 e. The second-order valence-electron chi connectivity index (χ2n) is 7.33. The summed E-state index contributed by atoms with van der Waals surface area (Å²) in [5, 5.41) is 9.77. The number of thioether (sulfide) groups is 1. The average molecular weight is 490 g/mol. The molecule has 0 aliphatic heterocycles. The van der Waals surface area contributed by atoms with Gasteiger partial charge in [0.2, 0.25) is 0 Å². The number of nitrogen functional groups attached to an aromatic ring is 1. The molecule has 180 valence electrons. The highest BCUT2D eigenvalue weighted by atomic mass is 32.2.